The van der Waals surface area contributed by atoms with Gasteiger partial charge in [0.25, 0.3) is 0 Å². The molecule has 0 amide bonds. The number of pyridine rings is 2. The van der Waals surface area contributed by atoms with E-state index in [0.717, 1.165) is 24.3 Å². The lowest BCUT2D eigenvalue weighted by Gasteiger charge is -2.19. The van der Waals surface area contributed by atoms with Crippen molar-refractivity contribution < 1.29 is 0 Å². The van der Waals surface area contributed by atoms with Gasteiger partial charge in [0.1, 0.15) is 5.65 Å². The zero-order valence-corrected chi connectivity index (χ0v) is 13.9. The van der Waals surface area contributed by atoms with Crippen molar-refractivity contribution in [1.82, 2.24) is 19.7 Å². The van der Waals surface area contributed by atoms with Crippen LogP contribution >= 0.6 is 0 Å². The van der Waals surface area contributed by atoms with Crippen LogP contribution in [0.5, 0.6) is 0 Å². The summed E-state index contributed by atoms with van der Waals surface area (Å²) >= 11 is 0. The minimum absolute atomic E-state index is 0.154. The molecule has 0 aliphatic rings. The van der Waals surface area contributed by atoms with E-state index in [9.17, 15) is 0 Å². The Bertz CT molecular complexity index is 859. The van der Waals surface area contributed by atoms with E-state index in [2.05, 4.69) is 62.3 Å². The molecule has 0 spiro atoms. The molecule has 3 heterocycles. The summed E-state index contributed by atoms with van der Waals surface area (Å²) in [6, 6.07) is 20.9. The highest BCUT2D eigenvalue weighted by atomic mass is 15.0. The van der Waals surface area contributed by atoms with Gasteiger partial charge in [-0.25, -0.2) is 4.98 Å². The van der Waals surface area contributed by atoms with Gasteiger partial charge < -0.3 is 9.72 Å². The molecule has 0 radical (unpaired) electrons. The number of aromatic nitrogens is 3. The summed E-state index contributed by atoms with van der Waals surface area (Å²) in [6.45, 7) is 0.853. The zero-order valence-electron chi connectivity index (χ0n) is 13.9. The standard InChI is InChI=1S/C21H20N4/c1-2-6-17(7-3-1)21(18-9-12-22-13-10-18)23-14-11-19-16-25-15-5-4-8-20(25)24-19/h1-10,12-13,15-16,21,23H,11,14H2/t21-/m0/s1. The number of rotatable bonds is 6. The third-order valence-corrected chi connectivity index (χ3v) is 4.32. The normalized spacial score (nSPS) is 12.3. The molecule has 4 rings (SSSR count). The van der Waals surface area contributed by atoms with Crippen molar-refractivity contribution in [3.63, 3.8) is 0 Å². The van der Waals surface area contributed by atoms with E-state index < -0.39 is 0 Å². The van der Waals surface area contributed by atoms with Crippen LogP contribution in [-0.2, 0) is 6.42 Å². The van der Waals surface area contributed by atoms with Crippen LogP contribution in [0.3, 0.4) is 0 Å². The number of hydrogen-bond acceptors (Lipinski definition) is 3. The molecule has 4 heteroatoms. The van der Waals surface area contributed by atoms with Crippen LogP contribution in [0.2, 0.25) is 0 Å². The van der Waals surface area contributed by atoms with Gasteiger partial charge in [0.05, 0.1) is 11.7 Å². The van der Waals surface area contributed by atoms with Crippen molar-refractivity contribution in [3.8, 4) is 0 Å². The number of nitrogens with zero attached hydrogens (tertiary/aromatic N) is 3. The van der Waals surface area contributed by atoms with Gasteiger partial charge in [0.15, 0.2) is 0 Å². The molecule has 1 atom stereocenters. The summed E-state index contributed by atoms with van der Waals surface area (Å²) < 4.78 is 2.06. The number of nitrogens with one attached hydrogen (secondary N) is 1. The first-order valence-electron chi connectivity index (χ1n) is 8.51. The Kier molecular flexibility index (Phi) is 4.53. The van der Waals surface area contributed by atoms with Crippen LogP contribution in [0, 0.1) is 0 Å². The number of benzene rings is 1. The number of imidazole rings is 1. The van der Waals surface area contributed by atoms with Gasteiger partial charge in [-0.1, -0.05) is 36.4 Å². The lowest BCUT2D eigenvalue weighted by atomic mass is 9.99. The number of hydrogen-bond donors (Lipinski definition) is 1. The van der Waals surface area contributed by atoms with E-state index in [1.54, 1.807) is 0 Å². The smallest absolute Gasteiger partial charge is 0.136 e. The predicted octanol–water partition coefficient (Wildman–Crippen LogP) is 3.65. The van der Waals surface area contributed by atoms with Crippen LogP contribution in [0.25, 0.3) is 5.65 Å². The fraction of sp³-hybridized carbons (Fsp3) is 0.143. The average Bonchev–Trinajstić information content (AvgIpc) is 3.09. The van der Waals surface area contributed by atoms with E-state index in [-0.39, 0.29) is 6.04 Å². The van der Waals surface area contributed by atoms with Crippen molar-refractivity contribution in [2.45, 2.75) is 12.5 Å². The van der Waals surface area contributed by atoms with E-state index >= 15 is 0 Å². The molecular weight excluding hydrogens is 308 g/mol. The first kappa shape index (κ1) is 15.5. The lowest BCUT2D eigenvalue weighted by molar-refractivity contribution is 0.602. The van der Waals surface area contributed by atoms with Crippen molar-refractivity contribution >= 4 is 5.65 Å². The largest absolute Gasteiger partial charge is 0.307 e. The Labute approximate surface area is 147 Å². The molecule has 0 saturated carbocycles. The molecule has 1 aromatic carbocycles. The maximum absolute atomic E-state index is 4.67. The maximum Gasteiger partial charge on any atom is 0.136 e. The van der Waals surface area contributed by atoms with Gasteiger partial charge in [-0.3, -0.25) is 4.98 Å². The molecule has 4 nitrogen and oxygen atoms in total. The number of fused-ring (bicyclic) bond motifs is 1. The zero-order chi connectivity index (χ0) is 16.9. The van der Waals surface area contributed by atoms with Gasteiger partial charge >= 0.3 is 0 Å². The van der Waals surface area contributed by atoms with Crippen molar-refractivity contribution in [2.24, 2.45) is 0 Å². The first-order chi connectivity index (χ1) is 12.4. The predicted molar refractivity (Wildman–Crippen MR) is 99.4 cm³/mol. The Morgan fingerprint density at radius 3 is 2.44 bits per heavy atom. The highest BCUT2D eigenvalue weighted by Crippen LogP contribution is 2.21. The minimum atomic E-state index is 0.154. The van der Waals surface area contributed by atoms with E-state index in [1.165, 1.54) is 11.1 Å². The molecule has 0 unspecified atom stereocenters. The molecule has 0 fully saturated rings. The maximum atomic E-state index is 4.67. The van der Waals surface area contributed by atoms with Gasteiger partial charge in [-0.05, 0) is 35.4 Å². The first-order valence-corrected chi connectivity index (χ1v) is 8.51. The van der Waals surface area contributed by atoms with Crippen LogP contribution in [0.1, 0.15) is 22.9 Å². The summed E-state index contributed by atoms with van der Waals surface area (Å²) in [4.78, 5) is 8.80. The van der Waals surface area contributed by atoms with Gasteiger partial charge in [0, 0.05) is 37.8 Å². The van der Waals surface area contributed by atoms with E-state index in [0.29, 0.717) is 0 Å². The summed E-state index contributed by atoms with van der Waals surface area (Å²) in [5.41, 5.74) is 4.56. The Hall–Kier alpha value is -2.98. The second-order valence-electron chi connectivity index (χ2n) is 6.03. The van der Waals surface area contributed by atoms with Crippen LogP contribution in [0.4, 0.5) is 0 Å². The highest BCUT2D eigenvalue weighted by molar-refractivity contribution is 5.39. The van der Waals surface area contributed by atoms with Gasteiger partial charge in [-0.2, -0.15) is 0 Å². The lowest BCUT2D eigenvalue weighted by Crippen LogP contribution is -2.24. The second-order valence-corrected chi connectivity index (χ2v) is 6.03. The van der Waals surface area contributed by atoms with Crippen LogP contribution in [-0.4, -0.2) is 20.9 Å². The summed E-state index contributed by atoms with van der Waals surface area (Å²) in [6.07, 6.45) is 8.70. The summed E-state index contributed by atoms with van der Waals surface area (Å²) in [5.74, 6) is 0. The fourth-order valence-electron chi connectivity index (χ4n) is 3.08. The molecule has 0 aliphatic carbocycles. The Morgan fingerprint density at radius 1 is 0.880 bits per heavy atom. The molecule has 124 valence electrons. The molecule has 1 N–H and O–H groups in total. The molecule has 0 aliphatic heterocycles. The SMILES string of the molecule is c1ccc([C@H](NCCc2cn3ccccc3n2)c2ccncc2)cc1. The molecule has 0 bridgehead atoms. The second kappa shape index (κ2) is 7.28. The van der Waals surface area contributed by atoms with Gasteiger partial charge in [-0.15, -0.1) is 0 Å². The quantitative estimate of drug-likeness (QED) is 0.587. The fourth-order valence-corrected chi connectivity index (χ4v) is 3.08. The minimum Gasteiger partial charge on any atom is -0.307 e. The van der Waals surface area contributed by atoms with Gasteiger partial charge in [0.2, 0.25) is 0 Å². The molecular formula is C21H20N4. The van der Waals surface area contributed by atoms with Crippen molar-refractivity contribution in [1.29, 1.82) is 0 Å². The summed E-state index contributed by atoms with van der Waals surface area (Å²) in [5, 5.41) is 3.67. The summed E-state index contributed by atoms with van der Waals surface area (Å²) in [7, 11) is 0. The van der Waals surface area contributed by atoms with E-state index in [1.807, 2.05) is 42.9 Å². The van der Waals surface area contributed by atoms with Crippen molar-refractivity contribution in [2.75, 3.05) is 6.54 Å². The van der Waals surface area contributed by atoms with E-state index in [4.69, 9.17) is 0 Å². The monoisotopic (exact) mass is 328 g/mol. The average molecular weight is 328 g/mol. The third kappa shape index (κ3) is 3.59. The topological polar surface area (TPSA) is 42.2 Å². The molecule has 3 aromatic heterocycles. The highest BCUT2D eigenvalue weighted by Gasteiger charge is 2.13. The Morgan fingerprint density at radius 2 is 1.64 bits per heavy atom. The Balaban J connectivity index is 1.49. The third-order valence-electron chi connectivity index (χ3n) is 4.32. The van der Waals surface area contributed by atoms with Crippen LogP contribution in [0.15, 0.2) is 85.5 Å². The molecule has 25 heavy (non-hydrogen) atoms. The van der Waals surface area contributed by atoms with Crippen LogP contribution < -0.4 is 5.32 Å². The van der Waals surface area contributed by atoms with Crippen molar-refractivity contribution in [3.05, 3.63) is 102 Å². The molecule has 0 saturated heterocycles. The molecule has 4 aromatic rings.